The first-order chi connectivity index (χ1) is 41.3. The second-order valence-electron chi connectivity index (χ2n) is 20.1. The van der Waals surface area contributed by atoms with Crippen LogP contribution in [0.3, 0.4) is 0 Å². The number of benzene rings is 6. The van der Waals surface area contributed by atoms with E-state index in [-0.39, 0.29) is 67.0 Å². The highest BCUT2D eigenvalue weighted by atomic mass is 19.1. The molecule has 16 nitrogen and oxygen atoms in total. The van der Waals surface area contributed by atoms with E-state index in [1.54, 1.807) is 91.0 Å². The predicted molar refractivity (Wildman–Crippen MR) is 305 cm³/mol. The molecule has 0 radical (unpaired) electrons. The highest BCUT2D eigenvalue weighted by Gasteiger charge is 2.25. The molecular weight excluding hydrogens is 1100 g/mol. The number of carboxylic acid groups (broad SMARTS) is 1. The monoisotopic (exact) mass is 1150 g/mol. The number of hydrogen-bond acceptors (Lipinski definition) is 11. The molecule has 6 heterocycles. The summed E-state index contributed by atoms with van der Waals surface area (Å²) in [5, 5.41) is 9.46. The van der Waals surface area contributed by atoms with Crippen LogP contribution in [0.4, 0.5) is 28.9 Å². The maximum atomic E-state index is 15.5. The van der Waals surface area contributed by atoms with Crippen molar-refractivity contribution >= 4 is 45.4 Å². The Morgan fingerprint density at radius 2 is 1.00 bits per heavy atom. The minimum absolute atomic E-state index is 0.00275. The molecule has 426 valence electrons. The van der Waals surface area contributed by atoms with Gasteiger partial charge in [0.15, 0.2) is 11.4 Å². The number of nitrogens with zero attached hydrogens (tertiary/aromatic N) is 8. The van der Waals surface area contributed by atoms with E-state index >= 15 is 8.78 Å². The summed E-state index contributed by atoms with van der Waals surface area (Å²) in [7, 11) is 1.34. The Bertz CT molecular complexity index is 4280. The zero-order chi connectivity index (χ0) is 59.1. The number of carbonyl (C=O) groups is 2. The summed E-state index contributed by atoms with van der Waals surface area (Å²) in [5.74, 6) is -1.61. The van der Waals surface area contributed by atoms with Crippen LogP contribution in [0.5, 0.6) is 11.8 Å². The maximum Gasteiger partial charge on any atom is 0.337 e. The lowest BCUT2D eigenvalue weighted by Gasteiger charge is -2.27. The van der Waals surface area contributed by atoms with Gasteiger partial charge in [-0.3, -0.25) is 0 Å². The van der Waals surface area contributed by atoms with Gasteiger partial charge in [0.05, 0.1) is 90.1 Å². The van der Waals surface area contributed by atoms with Gasteiger partial charge in [-0.2, -0.15) is 0 Å². The van der Waals surface area contributed by atoms with Crippen LogP contribution < -0.4 is 9.47 Å². The van der Waals surface area contributed by atoms with Gasteiger partial charge < -0.3 is 37.9 Å². The van der Waals surface area contributed by atoms with E-state index in [0.717, 1.165) is 30.5 Å². The zero-order valence-corrected chi connectivity index (χ0v) is 45.5. The Balaban J connectivity index is 0.000000177. The summed E-state index contributed by atoms with van der Waals surface area (Å²) in [6, 6.07) is 38.2. The number of imidazole rings is 2. The minimum Gasteiger partial charge on any atom is -0.478 e. The molecule has 0 unspecified atom stereocenters. The number of halogens is 4. The molecule has 2 aliphatic heterocycles. The predicted octanol–water partition coefficient (Wildman–Crippen LogP) is 13.3. The number of pyridine rings is 2. The van der Waals surface area contributed by atoms with Crippen molar-refractivity contribution in [2.24, 2.45) is 0 Å². The van der Waals surface area contributed by atoms with Crippen LogP contribution in [0, 0.1) is 36.4 Å². The minimum atomic E-state index is -1.03. The van der Waals surface area contributed by atoms with E-state index < -0.39 is 35.2 Å². The fourth-order valence-electron chi connectivity index (χ4n) is 9.77. The molecule has 85 heavy (non-hydrogen) atoms. The maximum absolute atomic E-state index is 15.5. The number of rotatable bonds is 18. The molecule has 0 bridgehead atoms. The molecule has 0 aliphatic carbocycles. The Labute approximate surface area is 484 Å². The second kappa shape index (κ2) is 25.1. The summed E-state index contributed by atoms with van der Waals surface area (Å²) in [5.41, 5.74) is 7.28. The molecule has 0 saturated carbocycles. The average Bonchev–Trinajstić information content (AvgIpc) is 3.57. The number of carboxylic acids is 1. The molecule has 1 N–H and O–H groups in total. The van der Waals surface area contributed by atoms with E-state index in [1.165, 1.54) is 49.6 Å². The first kappa shape index (κ1) is 56.6. The van der Waals surface area contributed by atoms with Crippen LogP contribution in [0.1, 0.15) is 67.5 Å². The Morgan fingerprint density at radius 3 is 1.40 bits per heavy atom. The van der Waals surface area contributed by atoms with Crippen molar-refractivity contribution in [3.63, 3.8) is 0 Å². The molecule has 6 aromatic carbocycles. The molecule has 0 amide bonds. The Morgan fingerprint density at radius 1 is 0.565 bits per heavy atom. The first-order valence-corrected chi connectivity index (χ1v) is 26.9. The number of aromatic nitrogens is 6. The molecule has 2 aliphatic rings. The van der Waals surface area contributed by atoms with E-state index in [9.17, 15) is 23.5 Å². The summed E-state index contributed by atoms with van der Waals surface area (Å²) in [4.78, 5) is 48.5. The third-order valence-corrected chi connectivity index (χ3v) is 14.6. The summed E-state index contributed by atoms with van der Waals surface area (Å²) >= 11 is 0. The van der Waals surface area contributed by atoms with E-state index in [4.69, 9.17) is 46.8 Å². The van der Waals surface area contributed by atoms with E-state index in [2.05, 4.69) is 19.7 Å². The Kier molecular flexibility index (Phi) is 16.7. The molecule has 10 aromatic rings. The van der Waals surface area contributed by atoms with Crippen molar-refractivity contribution in [2.45, 2.75) is 64.2 Å². The number of methoxy groups -OCH3 is 1. The molecule has 20 heteroatoms. The van der Waals surface area contributed by atoms with Gasteiger partial charge >= 0.3 is 11.9 Å². The van der Waals surface area contributed by atoms with Crippen LogP contribution in [0.15, 0.2) is 146 Å². The normalized spacial score (nSPS) is 14.3. The first-order valence-electron chi connectivity index (χ1n) is 26.9. The molecule has 0 spiro atoms. The number of hydrogen-bond donors (Lipinski definition) is 1. The van der Waals surface area contributed by atoms with E-state index in [1.807, 2.05) is 9.13 Å². The molecular formula is C65H50F4N8O8. The van der Waals surface area contributed by atoms with Gasteiger partial charge in [0, 0.05) is 60.4 Å². The lowest BCUT2D eigenvalue weighted by molar-refractivity contribution is -0.0591. The summed E-state index contributed by atoms with van der Waals surface area (Å²) in [6.07, 6.45) is 2.26. The molecule has 12 rings (SSSR count). The lowest BCUT2D eigenvalue weighted by Crippen LogP contribution is -2.31. The fourth-order valence-corrected chi connectivity index (χ4v) is 9.77. The summed E-state index contributed by atoms with van der Waals surface area (Å²) in [6.45, 7) is 16.3. The lowest BCUT2D eigenvalue weighted by atomic mass is 10.1. The van der Waals surface area contributed by atoms with Crippen LogP contribution in [0.2, 0.25) is 0 Å². The van der Waals surface area contributed by atoms with Gasteiger partial charge in [-0.15, -0.1) is 0 Å². The van der Waals surface area contributed by atoms with Crippen molar-refractivity contribution in [1.82, 2.24) is 29.1 Å². The van der Waals surface area contributed by atoms with Crippen LogP contribution in [-0.2, 0) is 53.4 Å². The van der Waals surface area contributed by atoms with Gasteiger partial charge in [-0.05, 0) is 96.8 Å². The van der Waals surface area contributed by atoms with Gasteiger partial charge in [0.1, 0.15) is 48.1 Å². The average molecular weight is 1150 g/mol. The summed E-state index contributed by atoms with van der Waals surface area (Å²) < 4.78 is 90.8. The number of carbonyl (C=O) groups excluding carboxylic acids is 1. The largest absolute Gasteiger partial charge is 0.478 e. The third-order valence-electron chi connectivity index (χ3n) is 14.6. The number of fused-ring (bicyclic) bond motifs is 2. The standard InChI is InChI=1S/C33H26F2N4O4.C32H24F2N4O4/c1-36-24-10-8-23(27(35)17-24)19-43-32-5-3-4-28(38-32)21-7-6-20(26(34)14-21)16-31-37-29-11-9-22(33(40)41-2)15-30(29)39(31)18-25-12-13-42-25;1-35-23-9-7-22(26(34)16-23)18-42-31-4-2-3-27(37-31)20-6-5-19(25(33)13-20)15-30-36-28-10-8-21(32(39)40)14-29(28)38(30)17-24-11-12-41-24/h3-11,14-15,17,25H,12-13,16,18-19H2,2H3;2-10,13-14,16,24H,11-12,15,17-18H2,(H,39,40)/t25-;24-/m00/s1. The van der Waals surface area contributed by atoms with Gasteiger partial charge in [0.25, 0.3) is 0 Å². The SMILES string of the molecule is [C-]#[N+]c1ccc(COc2cccc(-c3ccc(Cc4nc5ccc(C(=O)O)cc5n4C[C@@H]4CCO4)c(F)c3)n2)c(F)c1.[C-]#[N+]c1ccc(COc2cccc(-c3ccc(Cc4nc5ccc(C(=O)OC)cc5n4C[C@@H]4CCO4)c(F)c3)n2)c(F)c1. The van der Waals surface area contributed by atoms with Crippen molar-refractivity contribution in [3.8, 4) is 34.3 Å². The van der Waals surface area contributed by atoms with Crippen molar-refractivity contribution < 1.29 is 55.9 Å². The molecule has 2 fully saturated rings. The highest BCUT2D eigenvalue weighted by molar-refractivity contribution is 5.94. The Hall–Kier alpha value is -10.3. The quantitative estimate of drug-likeness (QED) is 0.0491. The number of ether oxygens (including phenoxy) is 5. The highest BCUT2D eigenvalue weighted by Crippen LogP contribution is 2.31. The second-order valence-corrected chi connectivity index (χ2v) is 20.1. The van der Waals surface area contributed by atoms with Crippen molar-refractivity contribution in [3.05, 3.63) is 237 Å². The third kappa shape index (κ3) is 12.9. The molecule has 4 aromatic heterocycles. The number of aromatic carboxylic acids is 1. The number of esters is 1. The van der Waals surface area contributed by atoms with Crippen LogP contribution in [-0.4, -0.2) is 78.6 Å². The van der Waals surface area contributed by atoms with Crippen molar-refractivity contribution in [2.75, 3.05) is 20.3 Å². The van der Waals surface area contributed by atoms with Crippen LogP contribution >= 0.6 is 0 Å². The van der Waals surface area contributed by atoms with Crippen molar-refractivity contribution in [1.29, 1.82) is 0 Å². The van der Waals surface area contributed by atoms with Gasteiger partial charge in [-0.1, -0.05) is 60.7 Å². The molecule has 2 atom stereocenters. The topological polar surface area (TPSA) is 171 Å². The van der Waals surface area contributed by atoms with Gasteiger partial charge in [0.2, 0.25) is 11.8 Å². The smallest absolute Gasteiger partial charge is 0.337 e. The van der Waals surface area contributed by atoms with E-state index in [0.29, 0.717) is 105 Å². The van der Waals surface area contributed by atoms with Gasteiger partial charge in [-0.25, -0.2) is 56.8 Å². The van der Waals surface area contributed by atoms with Crippen LogP contribution in [0.25, 0.3) is 54.3 Å². The molecule has 2 saturated heterocycles. The zero-order valence-electron chi connectivity index (χ0n) is 45.5. The fraction of sp³-hybridized carbons (Fsp3) is 0.200.